The number of nitrogens with two attached hydrogens (primary N) is 1. The largest absolute Gasteiger partial charge is 0.480 e. The monoisotopic (exact) mass is 265 g/mol. The van der Waals surface area contributed by atoms with Crippen LogP contribution in [0.4, 0.5) is 5.69 Å². The first-order valence-corrected chi connectivity index (χ1v) is 6.37. The third-order valence-corrected chi connectivity index (χ3v) is 3.95. The minimum Gasteiger partial charge on any atom is -0.480 e. The van der Waals surface area contributed by atoms with E-state index < -0.39 is 11.5 Å². The van der Waals surface area contributed by atoms with Crippen molar-refractivity contribution in [1.82, 2.24) is 4.98 Å². The van der Waals surface area contributed by atoms with Crippen LogP contribution in [0.1, 0.15) is 25.7 Å². The topological polar surface area (TPSA) is 99.4 Å². The highest BCUT2D eigenvalue weighted by Gasteiger charge is 2.40. The molecule has 0 radical (unpaired) electrons. The maximum Gasteiger partial charge on any atom is 0.323 e. The van der Waals surface area contributed by atoms with Gasteiger partial charge in [-0.1, -0.05) is 0 Å². The lowest BCUT2D eigenvalue weighted by atomic mass is 9.76. The molecule has 1 aromatic rings. The van der Waals surface area contributed by atoms with Crippen molar-refractivity contribution in [1.29, 1.82) is 0 Å². The van der Waals surface area contributed by atoms with Crippen LogP contribution in [0.25, 0.3) is 0 Å². The number of aliphatic carboxylic acids is 1. The van der Waals surface area contributed by atoms with Gasteiger partial charge in [0.2, 0.25) is 5.91 Å². The third-order valence-electron chi connectivity index (χ3n) is 3.95. The van der Waals surface area contributed by atoms with Gasteiger partial charge in [0.15, 0.2) is 0 Å². The molecule has 0 atom stereocenters. The van der Waals surface area contributed by atoms with Gasteiger partial charge >= 0.3 is 5.97 Å². The Morgan fingerprint density at radius 2 is 2.11 bits per heavy atom. The summed E-state index contributed by atoms with van der Waals surface area (Å²) in [4.78, 5) is 27.9. The van der Waals surface area contributed by atoms with Crippen molar-refractivity contribution in [2.24, 2.45) is 11.7 Å². The van der Waals surface area contributed by atoms with E-state index in [-0.39, 0.29) is 11.8 Å². The predicted octanol–water partition coefficient (Wildman–Crippen LogP) is 0.950. The average molecular weight is 265 g/mol. The zero-order chi connectivity index (χ0) is 14.0. The van der Waals surface area contributed by atoms with E-state index in [0.717, 1.165) is 5.69 Å². The summed E-state index contributed by atoms with van der Waals surface area (Å²) >= 11 is 0. The molecule has 0 aromatic carbocycles. The third kappa shape index (κ3) is 2.63. The van der Waals surface area contributed by atoms with Gasteiger partial charge in [0, 0.05) is 25.4 Å². The van der Waals surface area contributed by atoms with Crippen LogP contribution in [0, 0.1) is 5.92 Å². The minimum atomic E-state index is -1.16. The summed E-state index contributed by atoms with van der Waals surface area (Å²) in [6.45, 7) is 0. The highest BCUT2D eigenvalue weighted by molar-refractivity contribution is 5.94. The number of nitrogens with one attached hydrogen (secondary N) is 1. The van der Waals surface area contributed by atoms with Crippen molar-refractivity contribution < 1.29 is 14.7 Å². The van der Waals surface area contributed by atoms with Gasteiger partial charge in [0.05, 0.1) is 5.69 Å². The smallest absolute Gasteiger partial charge is 0.323 e. The minimum absolute atomic E-state index is 0.0204. The molecular weight excluding hydrogens is 246 g/mol. The second kappa shape index (κ2) is 5.05. The van der Waals surface area contributed by atoms with Crippen molar-refractivity contribution >= 4 is 17.6 Å². The second-order valence-electron chi connectivity index (χ2n) is 5.20. The van der Waals surface area contributed by atoms with Gasteiger partial charge in [-0.3, -0.25) is 9.59 Å². The zero-order valence-corrected chi connectivity index (χ0v) is 10.9. The van der Waals surface area contributed by atoms with E-state index in [4.69, 9.17) is 10.8 Å². The Hall–Kier alpha value is -1.82. The summed E-state index contributed by atoms with van der Waals surface area (Å²) in [6, 6.07) is 1.82. The molecule has 1 fully saturated rings. The lowest BCUT2D eigenvalue weighted by molar-refractivity contribution is -0.145. The van der Waals surface area contributed by atoms with Gasteiger partial charge in [0.1, 0.15) is 5.54 Å². The van der Waals surface area contributed by atoms with Gasteiger partial charge in [0.25, 0.3) is 0 Å². The Bertz CT molecular complexity index is 461. The van der Waals surface area contributed by atoms with Gasteiger partial charge in [-0.15, -0.1) is 0 Å². The zero-order valence-electron chi connectivity index (χ0n) is 10.9. The van der Waals surface area contributed by atoms with E-state index in [1.165, 1.54) is 0 Å². The summed E-state index contributed by atoms with van der Waals surface area (Å²) < 4.78 is 0. The number of nitrogens with zero attached hydrogens (tertiary/aromatic N) is 1. The summed E-state index contributed by atoms with van der Waals surface area (Å²) in [5.41, 5.74) is 5.46. The van der Waals surface area contributed by atoms with Crippen LogP contribution in [-0.4, -0.2) is 34.6 Å². The van der Waals surface area contributed by atoms with Crippen LogP contribution in [0.5, 0.6) is 0 Å². The van der Waals surface area contributed by atoms with Crippen LogP contribution in [0.3, 0.4) is 0 Å². The molecule has 6 nitrogen and oxygen atoms in total. The molecule has 1 amide bonds. The lowest BCUT2D eigenvalue weighted by Gasteiger charge is -2.34. The molecule has 0 saturated heterocycles. The van der Waals surface area contributed by atoms with Crippen molar-refractivity contribution in [3.8, 4) is 0 Å². The predicted molar refractivity (Wildman–Crippen MR) is 70.7 cm³/mol. The molecule has 4 N–H and O–H groups in total. The highest BCUT2D eigenvalue weighted by atomic mass is 16.4. The molecule has 2 rings (SSSR count). The number of carbonyl (C=O) groups excluding carboxylic acids is 1. The highest BCUT2D eigenvalue weighted by Crippen LogP contribution is 2.32. The van der Waals surface area contributed by atoms with Gasteiger partial charge in [-0.25, -0.2) is 0 Å². The fraction of sp³-hybridized carbons (Fsp3) is 0.538. The van der Waals surface area contributed by atoms with Crippen molar-refractivity contribution in [2.45, 2.75) is 31.2 Å². The first kappa shape index (κ1) is 13.6. The first-order valence-electron chi connectivity index (χ1n) is 6.37. The maximum absolute atomic E-state index is 12.3. The van der Waals surface area contributed by atoms with Crippen LogP contribution in [0.15, 0.2) is 18.5 Å². The number of carbonyl (C=O) groups is 2. The Kier molecular flexibility index (Phi) is 3.61. The molecule has 0 spiro atoms. The molecular formula is C13H19N3O3. The molecule has 1 aromatic heterocycles. The van der Waals surface area contributed by atoms with E-state index >= 15 is 0 Å². The summed E-state index contributed by atoms with van der Waals surface area (Å²) in [5.74, 6) is -1.10. The molecule has 0 bridgehead atoms. The number of hydrogen-bond donors (Lipinski definition) is 3. The standard InChI is InChI=1S/C13H19N3O3/c1-16(10-4-7-15-8-10)11(17)9-2-5-13(14,6-3-9)12(18)19/h4,7-9,15H,2-3,5-6,14H2,1H3,(H,18,19). The van der Waals surface area contributed by atoms with Crippen molar-refractivity contribution in [3.05, 3.63) is 18.5 Å². The summed E-state index contributed by atoms with van der Waals surface area (Å²) in [6.07, 6.45) is 5.26. The number of rotatable bonds is 3. The van der Waals surface area contributed by atoms with Gasteiger partial charge in [-0.05, 0) is 31.7 Å². The van der Waals surface area contributed by atoms with Crippen LogP contribution in [-0.2, 0) is 9.59 Å². The van der Waals surface area contributed by atoms with Crippen LogP contribution < -0.4 is 10.6 Å². The molecule has 1 saturated carbocycles. The normalized spacial score (nSPS) is 26.9. The van der Waals surface area contributed by atoms with E-state index in [9.17, 15) is 9.59 Å². The van der Waals surface area contributed by atoms with Gasteiger partial charge < -0.3 is 20.7 Å². The molecule has 1 heterocycles. The van der Waals surface area contributed by atoms with Crippen LogP contribution >= 0.6 is 0 Å². The van der Waals surface area contributed by atoms with Crippen molar-refractivity contribution in [3.63, 3.8) is 0 Å². The Morgan fingerprint density at radius 1 is 1.47 bits per heavy atom. The maximum atomic E-state index is 12.3. The van der Waals surface area contributed by atoms with E-state index in [2.05, 4.69) is 4.98 Å². The number of carboxylic acid groups (broad SMARTS) is 1. The van der Waals surface area contributed by atoms with Crippen LogP contribution in [0.2, 0.25) is 0 Å². The molecule has 0 aliphatic heterocycles. The Morgan fingerprint density at radius 3 is 2.58 bits per heavy atom. The number of anilines is 1. The first-order chi connectivity index (χ1) is 8.94. The lowest BCUT2D eigenvalue weighted by Crippen LogP contribution is -2.51. The molecule has 104 valence electrons. The Balaban J connectivity index is 1.98. The van der Waals surface area contributed by atoms with Crippen molar-refractivity contribution in [2.75, 3.05) is 11.9 Å². The fourth-order valence-electron chi connectivity index (χ4n) is 2.52. The fourth-order valence-corrected chi connectivity index (χ4v) is 2.52. The number of hydrogen-bond acceptors (Lipinski definition) is 3. The number of carboxylic acids is 1. The quantitative estimate of drug-likeness (QED) is 0.757. The molecule has 1 aliphatic carbocycles. The summed E-state index contributed by atoms with van der Waals surface area (Å²) in [7, 11) is 1.73. The molecule has 19 heavy (non-hydrogen) atoms. The number of amides is 1. The second-order valence-corrected chi connectivity index (χ2v) is 5.20. The SMILES string of the molecule is CN(C(=O)C1CCC(N)(C(=O)O)CC1)c1cc[nH]c1. The number of aromatic nitrogens is 1. The van der Waals surface area contributed by atoms with E-state index in [1.807, 2.05) is 6.07 Å². The van der Waals surface area contributed by atoms with E-state index in [0.29, 0.717) is 25.7 Å². The number of aromatic amines is 1. The average Bonchev–Trinajstić information content (AvgIpc) is 2.91. The molecule has 0 unspecified atom stereocenters. The van der Waals surface area contributed by atoms with Gasteiger partial charge in [-0.2, -0.15) is 0 Å². The van der Waals surface area contributed by atoms with E-state index in [1.54, 1.807) is 24.3 Å². The Labute approximate surface area is 111 Å². The molecule has 6 heteroatoms. The summed E-state index contributed by atoms with van der Waals surface area (Å²) in [5, 5.41) is 9.06. The number of H-pyrrole nitrogens is 1. The molecule has 1 aliphatic rings.